The zero-order chi connectivity index (χ0) is 21.5. The van der Waals surface area contributed by atoms with Gasteiger partial charge >= 0.3 is 5.97 Å². The third kappa shape index (κ3) is 4.94. The molecule has 3 N–H and O–H groups in total. The number of carbonyl (C=O) groups excluding carboxylic acids is 1. The highest BCUT2D eigenvalue weighted by molar-refractivity contribution is 9.10. The summed E-state index contributed by atoms with van der Waals surface area (Å²) in [5, 5.41) is 3.28. The number of nitrogens with one attached hydrogen (secondary N) is 1. The van der Waals surface area contributed by atoms with E-state index in [1.54, 1.807) is 30.5 Å². The van der Waals surface area contributed by atoms with Crippen molar-refractivity contribution in [3.8, 4) is 5.75 Å². The van der Waals surface area contributed by atoms with Gasteiger partial charge in [0.1, 0.15) is 0 Å². The molecule has 0 aliphatic heterocycles. The minimum Gasteiger partial charge on any atom is -0.333 e. The van der Waals surface area contributed by atoms with E-state index in [4.69, 9.17) is 9.78 Å². The predicted molar refractivity (Wildman–Crippen MR) is 119 cm³/mol. The van der Waals surface area contributed by atoms with Crippen molar-refractivity contribution in [2.24, 2.45) is 12.8 Å². The molecule has 30 heavy (non-hydrogen) atoms. The smallest absolute Gasteiger partial charge is 0.333 e. The van der Waals surface area contributed by atoms with Crippen molar-refractivity contribution < 1.29 is 14.6 Å². The number of carbonyl (C=O) groups is 1. The Morgan fingerprint density at radius 3 is 2.60 bits per heavy atom. The Morgan fingerprint density at radius 2 is 1.90 bits per heavy atom. The Kier molecular flexibility index (Phi) is 6.99. The highest BCUT2D eigenvalue weighted by Gasteiger charge is 2.12. The SMILES string of the molecule is CN.Cn1c(Nc2ccc(Br)cc2)nc2cc(OOC(=O)c3cccnc3)ccc21. The molecular weight excluding hydrogens is 450 g/mol. The number of nitrogens with two attached hydrogens (primary N) is 1. The molecular formula is C21H20BrN5O3. The number of benzene rings is 2. The quantitative estimate of drug-likeness (QED) is 0.333. The number of hydrogen-bond acceptors (Lipinski definition) is 7. The molecule has 2 heterocycles. The van der Waals surface area contributed by atoms with Gasteiger partial charge in [-0.2, -0.15) is 0 Å². The number of hydrogen-bond donors (Lipinski definition) is 2. The highest BCUT2D eigenvalue weighted by atomic mass is 79.9. The summed E-state index contributed by atoms with van der Waals surface area (Å²) in [6.45, 7) is 0. The van der Waals surface area contributed by atoms with Crippen LogP contribution in [0.3, 0.4) is 0 Å². The van der Waals surface area contributed by atoms with Gasteiger partial charge in [-0.1, -0.05) is 15.9 Å². The van der Waals surface area contributed by atoms with Crippen LogP contribution in [0.5, 0.6) is 5.75 Å². The van der Waals surface area contributed by atoms with E-state index >= 15 is 0 Å². The van der Waals surface area contributed by atoms with Crippen molar-refractivity contribution >= 4 is 44.6 Å². The van der Waals surface area contributed by atoms with Gasteiger partial charge in [0.2, 0.25) is 5.95 Å². The lowest BCUT2D eigenvalue weighted by molar-refractivity contribution is -0.149. The Balaban J connectivity index is 0.00000124. The second kappa shape index (κ2) is 9.86. The van der Waals surface area contributed by atoms with Gasteiger partial charge in [-0.05, 0) is 55.6 Å². The van der Waals surface area contributed by atoms with Gasteiger partial charge in [0.25, 0.3) is 0 Å². The van der Waals surface area contributed by atoms with E-state index in [0.717, 1.165) is 15.7 Å². The predicted octanol–water partition coefficient (Wildman–Crippen LogP) is 4.20. The molecule has 0 saturated carbocycles. The number of pyridine rings is 1. The Hall–Kier alpha value is -3.43. The van der Waals surface area contributed by atoms with Crippen molar-refractivity contribution in [2.75, 3.05) is 12.4 Å². The summed E-state index contributed by atoms with van der Waals surface area (Å²) in [5.41, 5.74) is 7.34. The fraction of sp³-hybridized carbons (Fsp3) is 0.0952. The van der Waals surface area contributed by atoms with Crippen molar-refractivity contribution in [3.63, 3.8) is 0 Å². The second-order valence-corrected chi connectivity index (χ2v) is 6.89. The van der Waals surface area contributed by atoms with Crippen LogP contribution in [0.4, 0.5) is 11.6 Å². The summed E-state index contributed by atoms with van der Waals surface area (Å²) >= 11 is 3.42. The van der Waals surface area contributed by atoms with Crippen LogP contribution >= 0.6 is 15.9 Å². The maximum Gasteiger partial charge on any atom is 0.387 e. The van der Waals surface area contributed by atoms with Crippen LogP contribution in [0.2, 0.25) is 0 Å². The maximum absolute atomic E-state index is 11.9. The minimum absolute atomic E-state index is 0.308. The molecule has 4 rings (SSSR count). The molecule has 0 saturated heterocycles. The van der Waals surface area contributed by atoms with Gasteiger partial charge in [-0.3, -0.25) is 9.87 Å². The maximum atomic E-state index is 11.9. The van der Waals surface area contributed by atoms with Crippen LogP contribution < -0.4 is 15.9 Å². The molecule has 0 bridgehead atoms. The third-order valence-electron chi connectivity index (χ3n) is 4.06. The van der Waals surface area contributed by atoms with Crippen molar-refractivity contribution in [1.29, 1.82) is 0 Å². The number of rotatable bonds is 5. The molecule has 8 nitrogen and oxygen atoms in total. The number of fused-ring (bicyclic) bond motifs is 1. The molecule has 0 unspecified atom stereocenters. The first-order valence-corrected chi connectivity index (χ1v) is 9.75. The van der Waals surface area contributed by atoms with Gasteiger partial charge in [-0.15, -0.1) is 0 Å². The van der Waals surface area contributed by atoms with Gasteiger partial charge in [0.05, 0.1) is 16.6 Å². The summed E-state index contributed by atoms with van der Waals surface area (Å²) in [6, 6.07) is 16.3. The van der Waals surface area contributed by atoms with Gasteiger partial charge < -0.3 is 15.6 Å². The molecule has 2 aromatic carbocycles. The van der Waals surface area contributed by atoms with E-state index in [1.165, 1.54) is 13.2 Å². The average Bonchev–Trinajstić information content (AvgIpc) is 3.10. The average molecular weight is 470 g/mol. The minimum atomic E-state index is -0.619. The van der Waals surface area contributed by atoms with Crippen LogP contribution in [0.1, 0.15) is 10.4 Å². The van der Waals surface area contributed by atoms with Gasteiger partial charge in [0.15, 0.2) is 5.75 Å². The van der Waals surface area contributed by atoms with E-state index in [0.29, 0.717) is 22.8 Å². The number of aromatic nitrogens is 3. The standard InChI is InChI=1S/C20H15BrN4O3.CH5N/c1-25-18-9-8-16(27-28-19(26)13-3-2-10-22-12-13)11-17(18)24-20(25)23-15-6-4-14(21)5-7-15;1-2/h2-12H,1H3,(H,23,24);2H2,1H3. The molecule has 2 aromatic heterocycles. The molecule has 0 aliphatic carbocycles. The number of halogens is 1. The zero-order valence-corrected chi connectivity index (χ0v) is 18.0. The molecule has 4 aromatic rings. The second-order valence-electron chi connectivity index (χ2n) is 5.97. The van der Waals surface area contributed by atoms with E-state index in [2.05, 4.69) is 36.9 Å². The monoisotopic (exact) mass is 469 g/mol. The van der Waals surface area contributed by atoms with Crippen LogP contribution in [0.15, 0.2) is 71.5 Å². The lowest BCUT2D eigenvalue weighted by Crippen LogP contribution is -2.08. The fourth-order valence-electron chi connectivity index (χ4n) is 2.62. The van der Waals surface area contributed by atoms with E-state index < -0.39 is 5.97 Å². The summed E-state index contributed by atoms with van der Waals surface area (Å²) < 4.78 is 2.94. The number of imidazole rings is 1. The lowest BCUT2D eigenvalue weighted by Gasteiger charge is -2.06. The third-order valence-corrected chi connectivity index (χ3v) is 4.59. The van der Waals surface area contributed by atoms with E-state index in [9.17, 15) is 4.79 Å². The molecule has 154 valence electrons. The first-order chi connectivity index (χ1) is 14.6. The van der Waals surface area contributed by atoms with Gasteiger partial charge in [-0.25, -0.2) is 14.7 Å². The molecule has 9 heteroatoms. The Morgan fingerprint density at radius 1 is 1.13 bits per heavy atom. The summed E-state index contributed by atoms with van der Waals surface area (Å²) in [5.74, 6) is 0.437. The van der Waals surface area contributed by atoms with Crippen molar-refractivity contribution in [2.45, 2.75) is 0 Å². The van der Waals surface area contributed by atoms with Crippen LogP contribution in [-0.2, 0) is 11.9 Å². The van der Waals surface area contributed by atoms with E-state index in [1.807, 2.05) is 41.9 Å². The van der Waals surface area contributed by atoms with E-state index in [-0.39, 0.29) is 0 Å². The molecule has 0 radical (unpaired) electrons. The molecule has 0 fully saturated rings. The lowest BCUT2D eigenvalue weighted by atomic mass is 10.3. The largest absolute Gasteiger partial charge is 0.387 e. The first-order valence-electron chi connectivity index (χ1n) is 8.96. The highest BCUT2D eigenvalue weighted by Crippen LogP contribution is 2.26. The number of anilines is 2. The first kappa shape index (κ1) is 21.3. The molecule has 0 aliphatic rings. The van der Waals surface area contributed by atoms with Crippen LogP contribution in [0.25, 0.3) is 11.0 Å². The van der Waals surface area contributed by atoms with Crippen molar-refractivity contribution in [1.82, 2.24) is 14.5 Å². The normalized spacial score (nSPS) is 10.1. The van der Waals surface area contributed by atoms with Crippen LogP contribution in [0, 0.1) is 0 Å². The van der Waals surface area contributed by atoms with Gasteiger partial charge in [0, 0.05) is 35.7 Å². The molecule has 0 spiro atoms. The number of aryl methyl sites for hydroxylation is 1. The zero-order valence-electron chi connectivity index (χ0n) is 16.4. The van der Waals surface area contributed by atoms with Crippen LogP contribution in [-0.4, -0.2) is 27.6 Å². The number of nitrogens with zero attached hydrogens (tertiary/aromatic N) is 3. The van der Waals surface area contributed by atoms with Crippen molar-refractivity contribution in [3.05, 3.63) is 77.0 Å². The molecule has 0 atom stereocenters. The Labute approximate surface area is 181 Å². The topological polar surface area (TPSA) is 104 Å². The summed E-state index contributed by atoms with van der Waals surface area (Å²) in [6.07, 6.45) is 2.99. The molecule has 0 amide bonds. The fourth-order valence-corrected chi connectivity index (χ4v) is 2.89. The summed E-state index contributed by atoms with van der Waals surface area (Å²) in [7, 11) is 3.42. The summed E-state index contributed by atoms with van der Waals surface area (Å²) in [4.78, 5) is 30.4. The Bertz CT molecular complexity index is 1130.